The van der Waals surface area contributed by atoms with Crippen LogP contribution < -0.4 is 15.5 Å². The lowest BCUT2D eigenvalue weighted by atomic mass is 9.60. The topological polar surface area (TPSA) is 92.9 Å². The number of nitrogens with two attached hydrogens (primary N) is 1. The Bertz CT molecular complexity index is 1450. The van der Waals surface area contributed by atoms with Gasteiger partial charge in [-0.2, -0.15) is 0 Å². The minimum atomic E-state index is -1.80. The fraction of sp³-hybridized carbons (Fsp3) is 0.321. The van der Waals surface area contributed by atoms with Crippen molar-refractivity contribution >= 4 is 45.0 Å². The van der Waals surface area contributed by atoms with E-state index in [4.69, 9.17) is 10.5 Å². The summed E-state index contributed by atoms with van der Waals surface area (Å²) in [4.78, 5) is 44.8. The zero-order chi connectivity index (χ0) is 26.9. The number of allylic oxidation sites excluding steroid dienone is 1. The average Bonchev–Trinajstić information content (AvgIpc) is 3.02. The van der Waals surface area contributed by atoms with Crippen LogP contribution in [-0.2, 0) is 24.5 Å². The summed E-state index contributed by atoms with van der Waals surface area (Å²) < 4.78 is 21.4. The summed E-state index contributed by atoms with van der Waals surface area (Å²) in [7, 11) is 1.60. The van der Waals surface area contributed by atoms with Crippen LogP contribution in [0, 0.1) is 11.2 Å². The largest absolute Gasteiger partial charge is 0.462 e. The first-order valence-electron chi connectivity index (χ1n) is 12.0. The van der Waals surface area contributed by atoms with Crippen molar-refractivity contribution in [1.29, 1.82) is 0 Å². The van der Waals surface area contributed by atoms with E-state index in [1.807, 2.05) is 13.8 Å². The summed E-state index contributed by atoms with van der Waals surface area (Å²) in [6.45, 7) is 5.55. The number of benzene rings is 2. The molecule has 2 aliphatic heterocycles. The van der Waals surface area contributed by atoms with E-state index in [1.54, 1.807) is 44.3 Å². The number of Topliss-reactive ketones (excluding diaryl/α,β-unsaturated/α-hetero) is 1. The van der Waals surface area contributed by atoms with Gasteiger partial charge >= 0.3 is 5.97 Å². The number of para-hydroxylation sites is 1. The fourth-order valence-electron chi connectivity index (χ4n) is 5.92. The molecular formula is C28H27BrFN3O4. The molecule has 1 amide bonds. The number of nitrogens with zero attached hydrogens (tertiary/aromatic N) is 2. The predicted octanol–water partition coefficient (Wildman–Crippen LogP) is 4.70. The molecule has 5 rings (SSSR count). The highest BCUT2D eigenvalue weighted by Gasteiger charge is 2.64. The van der Waals surface area contributed by atoms with Crippen molar-refractivity contribution in [2.75, 3.05) is 23.5 Å². The van der Waals surface area contributed by atoms with Gasteiger partial charge in [0, 0.05) is 40.5 Å². The molecule has 1 atom stereocenters. The second-order valence-corrected chi connectivity index (χ2v) is 11.2. The van der Waals surface area contributed by atoms with Crippen LogP contribution in [0.1, 0.15) is 39.2 Å². The molecule has 192 valence electrons. The number of carbonyl (C=O) groups excluding carboxylic acids is 3. The molecule has 7 nitrogen and oxygen atoms in total. The number of esters is 1. The highest BCUT2D eigenvalue weighted by atomic mass is 79.9. The van der Waals surface area contributed by atoms with Gasteiger partial charge < -0.3 is 15.4 Å². The molecule has 9 heteroatoms. The summed E-state index contributed by atoms with van der Waals surface area (Å²) in [5, 5.41) is 0. The van der Waals surface area contributed by atoms with Gasteiger partial charge in [-0.15, -0.1) is 0 Å². The maximum atomic E-state index is 15.4. The van der Waals surface area contributed by atoms with E-state index < -0.39 is 28.5 Å². The molecule has 1 unspecified atom stereocenters. The van der Waals surface area contributed by atoms with Gasteiger partial charge in [0.05, 0.1) is 12.3 Å². The highest BCUT2D eigenvalue weighted by Crippen LogP contribution is 2.58. The molecule has 1 spiro atoms. The minimum absolute atomic E-state index is 0.0247. The van der Waals surface area contributed by atoms with Gasteiger partial charge in [0.2, 0.25) is 5.91 Å². The van der Waals surface area contributed by atoms with E-state index in [9.17, 15) is 14.4 Å². The molecule has 2 N–H and O–H groups in total. The van der Waals surface area contributed by atoms with Crippen LogP contribution in [0.15, 0.2) is 69.6 Å². The standard InChI is InChI=1S/C28H27BrFN3O4/c1-5-37-25(35)23-24(31)33(19-11-10-15(29)12-17(19)30)20-13-27(2,3)14-21(34)22(20)28(23)16-8-6-7-9-18(16)32(4)26(28)36/h6-12H,5,13-14,31H2,1-4H3. The zero-order valence-electron chi connectivity index (χ0n) is 21.0. The number of ketones is 1. The van der Waals surface area contributed by atoms with E-state index >= 15 is 4.39 Å². The van der Waals surface area contributed by atoms with E-state index in [0.29, 0.717) is 27.8 Å². The molecule has 0 bridgehead atoms. The lowest BCUT2D eigenvalue weighted by Gasteiger charge is -2.47. The first kappa shape index (κ1) is 25.2. The molecule has 3 aliphatic rings. The Hall–Kier alpha value is -3.46. The molecule has 0 radical (unpaired) electrons. The third-order valence-corrected chi connectivity index (χ3v) is 7.79. The molecule has 0 aromatic heterocycles. The molecule has 0 saturated heterocycles. The number of amides is 1. The number of carbonyl (C=O) groups is 3. The molecule has 1 aliphatic carbocycles. The third-order valence-electron chi connectivity index (χ3n) is 7.29. The molecule has 0 fully saturated rings. The van der Waals surface area contributed by atoms with Crippen molar-refractivity contribution in [2.24, 2.45) is 11.1 Å². The number of halogens is 2. The first-order valence-corrected chi connectivity index (χ1v) is 12.8. The Balaban J connectivity index is 1.95. The van der Waals surface area contributed by atoms with Crippen molar-refractivity contribution < 1.29 is 23.5 Å². The summed E-state index contributed by atoms with van der Waals surface area (Å²) in [5.41, 5.74) is 5.97. The number of hydrogen-bond donors (Lipinski definition) is 1. The molecule has 2 heterocycles. The lowest BCUT2D eigenvalue weighted by molar-refractivity contribution is -0.140. The Morgan fingerprint density at radius 3 is 2.51 bits per heavy atom. The van der Waals surface area contributed by atoms with Crippen molar-refractivity contribution in [3.05, 3.63) is 81.0 Å². The number of hydrogen-bond acceptors (Lipinski definition) is 6. The van der Waals surface area contributed by atoms with E-state index in [1.165, 1.54) is 21.9 Å². The maximum absolute atomic E-state index is 15.4. The van der Waals surface area contributed by atoms with Crippen LogP contribution in [-0.4, -0.2) is 31.3 Å². The van der Waals surface area contributed by atoms with E-state index in [0.717, 1.165) is 0 Å². The minimum Gasteiger partial charge on any atom is -0.462 e. The van der Waals surface area contributed by atoms with Gasteiger partial charge in [0.15, 0.2) is 5.78 Å². The predicted molar refractivity (Wildman–Crippen MR) is 141 cm³/mol. The first-order chi connectivity index (χ1) is 17.5. The molecule has 2 aromatic rings. The van der Waals surface area contributed by atoms with Gasteiger partial charge in [-0.1, -0.05) is 48.0 Å². The monoisotopic (exact) mass is 567 g/mol. The van der Waals surface area contributed by atoms with Gasteiger partial charge in [-0.05, 0) is 43.0 Å². The SMILES string of the molecule is CCOC(=O)C1=C(N)N(c2ccc(Br)cc2F)C2=C(C(=O)CC(C)(C)C2)C12C(=O)N(C)c1ccccc12. The zero-order valence-corrected chi connectivity index (χ0v) is 22.6. The van der Waals surface area contributed by atoms with Crippen LogP contribution in [0.25, 0.3) is 0 Å². The van der Waals surface area contributed by atoms with Gasteiger partial charge in [0.1, 0.15) is 22.6 Å². The highest BCUT2D eigenvalue weighted by molar-refractivity contribution is 9.10. The summed E-state index contributed by atoms with van der Waals surface area (Å²) in [6, 6.07) is 11.5. The summed E-state index contributed by atoms with van der Waals surface area (Å²) in [5.74, 6) is -2.33. The van der Waals surface area contributed by atoms with Crippen molar-refractivity contribution in [1.82, 2.24) is 0 Å². The maximum Gasteiger partial charge on any atom is 0.339 e. The van der Waals surface area contributed by atoms with E-state index in [2.05, 4.69) is 15.9 Å². The van der Waals surface area contributed by atoms with Crippen molar-refractivity contribution in [2.45, 2.75) is 39.0 Å². The number of anilines is 2. The summed E-state index contributed by atoms with van der Waals surface area (Å²) >= 11 is 3.28. The molecule has 2 aromatic carbocycles. The molecule has 37 heavy (non-hydrogen) atoms. The Kier molecular flexibility index (Phi) is 5.82. The normalized spacial score (nSPS) is 22.5. The summed E-state index contributed by atoms with van der Waals surface area (Å²) in [6.07, 6.45) is 0.487. The molecule has 0 saturated carbocycles. The van der Waals surface area contributed by atoms with Crippen LogP contribution in [0.5, 0.6) is 0 Å². The molecular weight excluding hydrogens is 541 g/mol. The Morgan fingerprint density at radius 2 is 1.84 bits per heavy atom. The quantitative estimate of drug-likeness (QED) is 0.540. The van der Waals surface area contributed by atoms with Crippen molar-refractivity contribution in [3.8, 4) is 0 Å². The number of likely N-dealkylation sites (N-methyl/N-ethyl adjacent to an activating group) is 1. The number of ether oxygens (including phenoxy) is 1. The fourth-order valence-corrected chi connectivity index (χ4v) is 6.25. The van der Waals surface area contributed by atoms with E-state index in [-0.39, 0.29) is 41.5 Å². The average molecular weight is 568 g/mol. The third kappa shape index (κ3) is 3.47. The van der Waals surface area contributed by atoms with Crippen LogP contribution in [0.4, 0.5) is 15.8 Å². The van der Waals surface area contributed by atoms with Crippen molar-refractivity contribution in [3.63, 3.8) is 0 Å². The van der Waals surface area contributed by atoms with Gasteiger partial charge in [0.25, 0.3) is 0 Å². The number of rotatable bonds is 3. The Labute approximate surface area is 222 Å². The second-order valence-electron chi connectivity index (χ2n) is 10.3. The van der Waals surface area contributed by atoms with Gasteiger partial charge in [-0.3, -0.25) is 14.5 Å². The van der Waals surface area contributed by atoms with Crippen LogP contribution in [0.3, 0.4) is 0 Å². The van der Waals surface area contributed by atoms with Gasteiger partial charge in [-0.25, -0.2) is 9.18 Å². The second kappa shape index (κ2) is 8.55. The van der Waals surface area contributed by atoms with Crippen LogP contribution in [0.2, 0.25) is 0 Å². The lowest BCUT2D eigenvalue weighted by Crippen LogP contribution is -2.55. The number of fused-ring (bicyclic) bond motifs is 3. The smallest absolute Gasteiger partial charge is 0.339 e. The van der Waals surface area contributed by atoms with Crippen LogP contribution >= 0.6 is 15.9 Å². The Morgan fingerprint density at radius 1 is 1.14 bits per heavy atom.